The first-order chi connectivity index (χ1) is 8.27. The average Bonchev–Trinajstić information content (AvgIpc) is 2.40. The lowest BCUT2D eigenvalue weighted by Gasteiger charge is -2.11. The Morgan fingerprint density at radius 3 is 1.33 bits per heavy atom. The van der Waals surface area contributed by atoms with Crippen LogP contribution >= 0.6 is 24.0 Å². The van der Waals surface area contributed by atoms with Gasteiger partial charge in [0.1, 0.15) is 0 Å². The van der Waals surface area contributed by atoms with Crippen LogP contribution in [0.4, 0.5) is 8.22 Å². The van der Waals surface area contributed by atoms with Gasteiger partial charge in [-0.2, -0.15) is 0 Å². The number of benzene rings is 2. The van der Waals surface area contributed by atoms with Crippen LogP contribution in [0.1, 0.15) is 0 Å². The van der Waals surface area contributed by atoms with Gasteiger partial charge in [0.2, 0.25) is 0 Å². The van der Waals surface area contributed by atoms with Crippen molar-refractivity contribution >= 4 is 53.1 Å². The zero-order chi connectivity index (χ0) is 12.1. The predicted octanol–water partition coefficient (Wildman–Crippen LogP) is 1.82. The van der Waals surface area contributed by atoms with Gasteiger partial charge in [0.05, 0.1) is 0 Å². The molecule has 1 nitrogen and oxygen atoms in total. The monoisotopic (exact) mass is 394 g/mol. The molecule has 2 unspecified atom stereocenters. The van der Waals surface area contributed by atoms with Crippen molar-refractivity contribution in [1.29, 1.82) is 0 Å². The highest BCUT2D eigenvalue weighted by molar-refractivity contribution is 14.0. The molecule has 2 rings (SSSR count). The minimum Gasteiger partial charge on any atom is -0.406 e. The van der Waals surface area contributed by atoms with Gasteiger partial charge in [-0.1, -0.05) is 60.7 Å². The molecule has 0 saturated carbocycles. The van der Waals surface area contributed by atoms with E-state index >= 15 is 0 Å². The van der Waals surface area contributed by atoms with Gasteiger partial charge in [-0.15, -0.1) is 24.0 Å². The van der Waals surface area contributed by atoms with Gasteiger partial charge in [-0.25, -0.2) is 0 Å². The first-order valence-corrected chi connectivity index (χ1v) is 8.28. The summed E-state index contributed by atoms with van der Waals surface area (Å²) in [7, 11) is -6.20. The van der Waals surface area contributed by atoms with Crippen LogP contribution < -0.4 is 10.4 Å². The van der Waals surface area contributed by atoms with E-state index < -0.39 is 18.7 Å². The van der Waals surface area contributed by atoms with E-state index in [4.69, 9.17) is 4.12 Å². The Balaban J connectivity index is 0.00000162. The van der Waals surface area contributed by atoms with Crippen LogP contribution in [0, 0.1) is 0 Å². The zero-order valence-corrected chi connectivity index (χ0v) is 14.1. The Morgan fingerprint density at radius 2 is 1.00 bits per heavy atom. The van der Waals surface area contributed by atoms with Crippen molar-refractivity contribution in [2.24, 2.45) is 0 Å². The first-order valence-electron chi connectivity index (χ1n) is 5.31. The quantitative estimate of drug-likeness (QED) is 0.437. The molecule has 0 radical (unpaired) electrons. The van der Waals surface area contributed by atoms with Crippen molar-refractivity contribution in [1.82, 2.24) is 0 Å². The summed E-state index contributed by atoms with van der Waals surface area (Å²) in [5.74, 6) is 0. The third kappa shape index (κ3) is 4.27. The second kappa shape index (κ2) is 7.77. The summed E-state index contributed by atoms with van der Waals surface area (Å²) in [4.78, 5) is 0. The van der Waals surface area contributed by atoms with Crippen molar-refractivity contribution in [2.45, 2.75) is 0 Å². The molecule has 0 aliphatic heterocycles. The number of rotatable bonds is 4. The Morgan fingerprint density at radius 1 is 0.667 bits per heavy atom. The number of hydrogen-bond donors (Lipinski definition) is 0. The number of halogens is 3. The van der Waals surface area contributed by atoms with E-state index in [2.05, 4.69) is 0 Å². The molecule has 2 aromatic rings. The van der Waals surface area contributed by atoms with E-state index in [1.165, 1.54) is 0 Å². The van der Waals surface area contributed by atoms with Crippen molar-refractivity contribution in [3.8, 4) is 0 Å². The summed E-state index contributed by atoms with van der Waals surface area (Å²) in [6.45, 7) is 0. The molecule has 0 spiro atoms. The van der Waals surface area contributed by atoms with Crippen LogP contribution in [-0.4, -0.2) is 18.7 Å². The molecule has 2 aromatic carbocycles. The normalized spacial score (nSPS) is 13.4. The van der Waals surface area contributed by atoms with Gasteiger partial charge in [0.25, 0.3) is 0 Å². The maximum absolute atomic E-state index is 13.8. The van der Waals surface area contributed by atoms with Crippen molar-refractivity contribution in [3.63, 3.8) is 0 Å². The maximum atomic E-state index is 13.8. The molecule has 0 heterocycles. The maximum Gasteiger partial charge on any atom is 0.392 e. The van der Waals surface area contributed by atoms with Gasteiger partial charge < -0.3 is 4.12 Å². The lowest BCUT2D eigenvalue weighted by Crippen LogP contribution is -2.39. The summed E-state index contributed by atoms with van der Waals surface area (Å²) < 4.78 is 32.5. The van der Waals surface area contributed by atoms with Crippen LogP contribution in [-0.2, 0) is 4.12 Å². The molecule has 0 aliphatic carbocycles. The second-order valence-electron chi connectivity index (χ2n) is 3.59. The summed E-state index contributed by atoms with van der Waals surface area (Å²) in [6.07, 6.45) is 0. The minimum atomic E-state index is -3.10. The highest BCUT2D eigenvalue weighted by Crippen LogP contribution is 1.98. The third-order valence-electron chi connectivity index (χ3n) is 2.36. The SMILES string of the molecule is F[SiH](O[SiH](F)c1ccccc1)c1ccccc1.I. The average molecular weight is 394 g/mol. The fourth-order valence-electron chi connectivity index (χ4n) is 1.47. The molecule has 0 saturated heterocycles. The summed E-state index contributed by atoms with van der Waals surface area (Å²) in [5, 5.41) is 0.970. The molecule has 0 aliphatic rings. The van der Waals surface area contributed by atoms with Gasteiger partial charge in [-0.05, 0) is 10.4 Å². The largest absolute Gasteiger partial charge is 0.406 e. The van der Waals surface area contributed by atoms with Gasteiger partial charge in [0, 0.05) is 0 Å². The van der Waals surface area contributed by atoms with Crippen LogP contribution in [0.5, 0.6) is 0 Å². The summed E-state index contributed by atoms with van der Waals surface area (Å²) in [5.41, 5.74) is 0. The van der Waals surface area contributed by atoms with E-state index in [-0.39, 0.29) is 24.0 Å². The molecule has 18 heavy (non-hydrogen) atoms. The third-order valence-corrected chi connectivity index (χ3v) is 6.09. The Bertz CT molecular complexity index is 415. The van der Waals surface area contributed by atoms with E-state index in [0.29, 0.717) is 10.4 Å². The smallest absolute Gasteiger partial charge is 0.392 e. The van der Waals surface area contributed by atoms with E-state index in [9.17, 15) is 8.22 Å². The molecular weight excluding hydrogens is 381 g/mol. The van der Waals surface area contributed by atoms with Gasteiger partial charge >= 0.3 is 18.7 Å². The molecule has 0 fully saturated rings. The van der Waals surface area contributed by atoms with Crippen LogP contribution in [0.2, 0.25) is 0 Å². The fourth-order valence-corrected chi connectivity index (χ4v) is 4.62. The van der Waals surface area contributed by atoms with Crippen molar-refractivity contribution in [2.75, 3.05) is 0 Å². The summed E-state index contributed by atoms with van der Waals surface area (Å²) in [6, 6.07) is 17.1. The second-order valence-corrected chi connectivity index (χ2v) is 7.28. The molecule has 0 N–H and O–H groups in total. The van der Waals surface area contributed by atoms with Crippen LogP contribution in [0.3, 0.4) is 0 Å². The Hall–Kier alpha value is -0.576. The molecule has 0 bridgehead atoms. The van der Waals surface area contributed by atoms with Crippen molar-refractivity contribution in [3.05, 3.63) is 60.7 Å². The fraction of sp³-hybridized carbons (Fsp3) is 0. The Labute approximate surface area is 126 Å². The topological polar surface area (TPSA) is 9.23 Å². The predicted molar refractivity (Wildman–Crippen MR) is 85.2 cm³/mol. The highest BCUT2D eigenvalue weighted by atomic mass is 127. The summed E-state index contributed by atoms with van der Waals surface area (Å²) >= 11 is 0. The number of hydrogen-bond acceptors (Lipinski definition) is 1. The van der Waals surface area contributed by atoms with Crippen LogP contribution in [0.25, 0.3) is 0 Å². The van der Waals surface area contributed by atoms with E-state index in [1.807, 2.05) is 0 Å². The molecule has 0 amide bonds. The van der Waals surface area contributed by atoms with Gasteiger partial charge in [0.15, 0.2) is 0 Å². The molecule has 6 heteroatoms. The molecule has 96 valence electrons. The Kier molecular flexibility index (Phi) is 6.68. The van der Waals surface area contributed by atoms with Gasteiger partial charge in [-0.3, -0.25) is 8.22 Å². The van der Waals surface area contributed by atoms with E-state index in [1.54, 1.807) is 60.7 Å². The van der Waals surface area contributed by atoms with Crippen LogP contribution in [0.15, 0.2) is 60.7 Å². The molecule has 2 atom stereocenters. The highest BCUT2D eigenvalue weighted by Gasteiger charge is 2.22. The zero-order valence-electron chi connectivity index (χ0n) is 9.50. The lowest BCUT2D eigenvalue weighted by atomic mass is 10.4. The standard InChI is InChI=1S/C12H12F2OSi2.HI/c13-16(11-7-3-1-4-8-11)15-17(14)12-9-5-2-6-10-12;/h1-10,16-17H;1H. The minimum absolute atomic E-state index is 0. The molecule has 0 aromatic heterocycles. The molecular formula is C12H13F2IOSi2. The van der Waals surface area contributed by atoms with Crippen molar-refractivity contribution < 1.29 is 12.3 Å². The lowest BCUT2D eigenvalue weighted by molar-refractivity contribution is 0.487. The van der Waals surface area contributed by atoms with E-state index in [0.717, 1.165) is 0 Å². The first kappa shape index (κ1) is 15.5.